The molecule has 0 aromatic rings. The molecule has 6 N–H and O–H groups in total. The minimum atomic E-state index is -1.12. The van der Waals surface area contributed by atoms with Crippen molar-refractivity contribution in [3.8, 4) is 0 Å². The van der Waals surface area contributed by atoms with Crippen LogP contribution in [-0.4, -0.2) is 120 Å². The maximum Gasteiger partial charge on any atom is 0.411 e. The van der Waals surface area contributed by atoms with Crippen LogP contribution in [0.5, 0.6) is 0 Å². The van der Waals surface area contributed by atoms with Gasteiger partial charge in [-0.2, -0.15) is 9.90 Å². The first-order valence-electron chi connectivity index (χ1n) is 17.1. The predicted molar refractivity (Wildman–Crippen MR) is 235 cm³/mol. The van der Waals surface area contributed by atoms with Gasteiger partial charge in [0.25, 0.3) is 0 Å². The Morgan fingerprint density at radius 1 is 0.800 bits per heavy atom. The Bertz CT molecular complexity index is 1370. The van der Waals surface area contributed by atoms with Crippen LogP contribution in [0.25, 0.3) is 0 Å². The third-order valence-electron chi connectivity index (χ3n) is 8.67. The number of ketones is 2. The first-order chi connectivity index (χ1) is 24.7. The molecule has 2 saturated heterocycles. The summed E-state index contributed by atoms with van der Waals surface area (Å²) < 4.78 is 10.4. The van der Waals surface area contributed by atoms with E-state index in [0.29, 0.717) is 6.42 Å². The van der Waals surface area contributed by atoms with Gasteiger partial charge in [-0.3, -0.25) is 42.0 Å². The van der Waals surface area contributed by atoms with E-state index in [0.717, 1.165) is 11.3 Å². The Morgan fingerprint density at radius 2 is 1.18 bits per heavy atom. The van der Waals surface area contributed by atoms with E-state index >= 15 is 0 Å². The van der Waals surface area contributed by atoms with Gasteiger partial charge in [0, 0.05) is 24.7 Å². The number of nitrogens with zero attached hydrogens (tertiary/aromatic N) is 2. The van der Waals surface area contributed by atoms with Crippen LogP contribution in [0.3, 0.4) is 0 Å². The molecule has 4 aliphatic rings. The fraction of sp³-hybridized carbons (Fsp3) is 0.706. The highest BCUT2D eigenvalue weighted by molar-refractivity contribution is 8.33. The first-order valence-corrected chi connectivity index (χ1v) is 23.9. The lowest BCUT2D eigenvalue weighted by Gasteiger charge is -2.28. The lowest BCUT2D eigenvalue weighted by Crippen LogP contribution is -2.53. The molecule has 5 unspecified atom stereocenters. The molecular formula is C34H65N4O11P6-. The van der Waals surface area contributed by atoms with E-state index in [1.54, 1.807) is 53.7 Å². The Hall–Kier alpha value is -1.24. The van der Waals surface area contributed by atoms with Crippen molar-refractivity contribution in [2.24, 2.45) is 17.6 Å². The number of nitrogens with one attached hydrogen (secondary N) is 1. The van der Waals surface area contributed by atoms with Gasteiger partial charge in [0.05, 0.1) is 30.8 Å². The number of carbonyl (C=O) groups excluding carboxylic acids is 5. The van der Waals surface area contributed by atoms with Gasteiger partial charge in [0.1, 0.15) is 34.6 Å². The second-order valence-electron chi connectivity index (χ2n) is 15.3. The Kier molecular flexibility index (Phi) is 24.4. The fourth-order valence-corrected chi connectivity index (χ4v) is 5.67. The second kappa shape index (κ2) is 24.0. The second-order valence-corrected chi connectivity index (χ2v) is 19.1. The number of aliphatic carboxylic acids is 1. The van der Waals surface area contributed by atoms with E-state index in [1.165, 1.54) is 26.7 Å². The number of hydrogen-bond acceptors (Lipinski definition) is 11. The third-order valence-corrected chi connectivity index (χ3v) is 8.67. The van der Waals surface area contributed by atoms with Crippen LogP contribution >= 0.6 is 53.6 Å². The standard InChI is InChI=1S/C17H26N2O5.C10H17NO5.C7H11NO.H4P3.H4P2.H3P/c1-6-11-8-17(11,10(2)20)18-14(22)13-7-12(21)9-19(13)15(23)24-16(3,4)5;1-10(2,3)16-9(15)11-5-6(12)4-7(11)8(13)14;1-3-6-4-7(6,8)5(2)9;1-3-2;1-2;/h6,11-13,21H,1,7-9H2,2-5H3,(H,18,22);6-7,12H,4-5H2,1-3H3,(H,13,14);3,6H,1,4,8H2,2H3;1-2H2;1-2H2;1H3/q;;;-1;;/t11-,12-,13+,17+;2*6-,7+;;;/m111.../s1. The largest absolute Gasteiger partial charge is 0.489 e. The number of β-amino-alcohol motifs (C(OH)–C–C–N with tert-alkyl or cyclic N) is 2. The Morgan fingerprint density at radius 3 is 1.45 bits per heavy atom. The quantitative estimate of drug-likeness (QED) is 0.180. The van der Waals surface area contributed by atoms with Crippen LogP contribution in [0.15, 0.2) is 25.3 Å². The highest BCUT2D eigenvalue weighted by atomic mass is 32.4. The average Bonchev–Trinajstić information content (AvgIpc) is 3.82. The molecule has 2 heterocycles. The van der Waals surface area contributed by atoms with Crippen molar-refractivity contribution in [2.45, 2.75) is 128 Å². The van der Waals surface area contributed by atoms with Crippen molar-refractivity contribution in [3.63, 3.8) is 0 Å². The SMILES string of the molecule is C=C[C@@H]1C[C@]1(N)C(C)=O.C=C[C@@H]1C[C@]1(NC(=O)[C@@H]1C[C@@H](O)CN1C(=O)OC(C)(C)C)C(C)=O.CC(C)(C)OC(=O)N1C[C@H](O)C[C@H]1C(=O)O.P.PP.P[P-]P. The summed E-state index contributed by atoms with van der Waals surface area (Å²) in [5.41, 5.74) is 2.79. The number of hydrogen-bond donors (Lipinski definition) is 5. The van der Waals surface area contributed by atoms with Gasteiger partial charge < -0.3 is 43.8 Å². The summed E-state index contributed by atoms with van der Waals surface area (Å²) in [6, 6.07) is -1.85. The van der Waals surface area contributed by atoms with E-state index in [9.17, 15) is 39.0 Å². The molecule has 21 heteroatoms. The molecule has 318 valence electrons. The number of nitrogens with two attached hydrogens (primary N) is 1. The molecule has 2 saturated carbocycles. The maximum absolute atomic E-state index is 12.6. The van der Waals surface area contributed by atoms with Crippen molar-refractivity contribution in [1.29, 1.82) is 0 Å². The summed E-state index contributed by atoms with van der Waals surface area (Å²) in [4.78, 5) is 72.3. The van der Waals surface area contributed by atoms with Crippen molar-refractivity contribution in [1.82, 2.24) is 15.1 Å². The van der Waals surface area contributed by atoms with E-state index in [-0.39, 0.29) is 59.2 Å². The van der Waals surface area contributed by atoms with Crippen molar-refractivity contribution in [3.05, 3.63) is 25.3 Å². The molecule has 0 spiro atoms. The molecule has 55 heavy (non-hydrogen) atoms. The molecular weight excluding hydrogens is 826 g/mol. The molecule has 15 nitrogen and oxygen atoms in total. The predicted octanol–water partition coefficient (Wildman–Crippen LogP) is 4.15. The molecule has 2 aliphatic carbocycles. The molecule has 0 radical (unpaired) electrons. The number of aliphatic hydroxyl groups is 2. The topological polar surface area (TPSA) is 226 Å². The number of ether oxygens (including phenoxy) is 2. The molecule has 13 atom stereocenters. The van der Waals surface area contributed by atoms with Crippen LogP contribution in [-0.2, 0) is 28.7 Å². The average molecular weight is 892 g/mol. The molecule has 2 aliphatic heterocycles. The zero-order valence-corrected chi connectivity index (χ0v) is 40.2. The van der Waals surface area contributed by atoms with Crippen molar-refractivity contribution in [2.75, 3.05) is 13.1 Å². The summed E-state index contributed by atoms with van der Waals surface area (Å²) >= 11 is 0. The van der Waals surface area contributed by atoms with E-state index in [2.05, 4.69) is 54.2 Å². The van der Waals surface area contributed by atoms with Crippen LogP contribution in [0.2, 0.25) is 0 Å². The summed E-state index contributed by atoms with van der Waals surface area (Å²) in [6.07, 6.45) is 1.93. The number of carbonyl (C=O) groups is 6. The number of aliphatic hydroxyl groups excluding tert-OH is 2. The number of likely N-dealkylation sites (tertiary alicyclic amines) is 2. The van der Waals surface area contributed by atoms with Gasteiger partial charge in [-0.15, -0.1) is 31.0 Å². The van der Waals surface area contributed by atoms with E-state index in [4.69, 9.17) is 20.3 Å². The van der Waals surface area contributed by atoms with Gasteiger partial charge in [-0.05, 0) is 68.2 Å². The van der Waals surface area contributed by atoms with Crippen molar-refractivity contribution < 1.29 is 53.6 Å². The molecule has 4 fully saturated rings. The number of carboxylic acid groups (broad SMARTS) is 1. The normalized spacial score (nSPS) is 28.5. The van der Waals surface area contributed by atoms with E-state index < -0.39 is 70.6 Å². The van der Waals surface area contributed by atoms with Gasteiger partial charge >= 0.3 is 18.2 Å². The first kappa shape index (κ1) is 55.9. The summed E-state index contributed by atoms with van der Waals surface area (Å²) in [6.45, 7) is 20.5. The number of amides is 3. The Balaban J connectivity index is 0. The van der Waals surface area contributed by atoms with Crippen LogP contribution in [0.4, 0.5) is 9.59 Å². The highest BCUT2D eigenvalue weighted by Gasteiger charge is 2.58. The van der Waals surface area contributed by atoms with Crippen LogP contribution in [0.1, 0.15) is 81.1 Å². The molecule has 4 rings (SSSR count). The molecule has 0 bridgehead atoms. The smallest absolute Gasteiger partial charge is 0.411 e. The van der Waals surface area contributed by atoms with Crippen LogP contribution < -0.4 is 11.1 Å². The fourth-order valence-electron chi connectivity index (χ4n) is 5.67. The van der Waals surface area contributed by atoms with Gasteiger partial charge in [0.2, 0.25) is 5.91 Å². The zero-order chi connectivity index (χ0) is 42.6. The summed E-state index contributed by atoms with van der Waals surface area (Å²) in [5.74, 6) is -1.50. The third kappa shape index (κ3) is 17.7. The van der Waals surface area contributed by atoms with Gasteiger partial charge in [-0.25, -0.2) is 14.4 Å². The van der Waals surface area contributed by atoms with Gasteiger partial charge in [0.15, 0.2) is 5.78 Å². The lowest BCUT2D eigenvalue weighted by atomic mass is 10.1. The van der Waals surface area contributed by atoms with Gasteiger partial charge in [-0.1, -0.05) is 12.2 Å². The number of Topliss-reactive ketones (excluding diaryl/α,β-unsaturated/α-hetero) is 2. The minimum absolute atomic E-state index is 0. The minimum Gasteiger partial charge on any atom is -0.489 e. The number of carboxylic acids is 1. The summed E-state index contributed by atoms with van der Waals surface area (Å²) in [7, 11) is 10.9. The molecule has 0 aromatic carbocycles. The van der Waals surface area contributed by atoms with Crippen molar-refractivity contribution >= 4 is 89.2 Å². The highest BCUT2D eigenvalue weighted by Crippen LogP contribution is 2.45. The number of rotatable bonds is 7. The molecule has 3 amide bonds. The van der Waals surface area contributed by atoms with E-state index in [1.807, 2.05) is 0 Å². The monoisotopic (exact) mass is 891 g/mol. The maximum atomic E-state index is 12.6. The Labute approximate surface area is 340 Å². The van der Waals surface area contributed by atoms with Crippen LogP contribution in [0, 0.1) is 11.8 Å². The molecule has 0 aromatic heterocycles. The summed E-state index contributed by atoms with van der Waals surface area (Å²) in [5, 5.41) is 30.9. The lowest BCUT2D eigenvalue weighted by molar-refractivity contribution is -0.142. The zero-order valence-electron chi connectivity index (χ0n) is 33.3.